The molecule has 0 spiro atoms. The van der Waals surface area contributed by atoms with Crippen LogP contribution in [0.1, 0.15) is 12.8 Å². The summed E-state index contributed by atoms with van der Waals surface area (Å²) < 4.78 is 0. The van der Waals surface area contributed by atoms with E-state index in [2.05, 4.69) is 5.10 Å². The molecule has 0 fully saturated rings. The molecule has 1 rings (SSSR count). The molecule has 2 N–H and O–H groups in total. The topological polar surface area (TPSA) is 82.5 Å². The third-order valence-corrected chi connectivity index (χ3v) is 1.63. The molecule has 0 aromatic carbocycles. The Bertz CT molecular complexity index is 253. The summed E-state index contributed by atoms with van der Waals surface area (Å²) in [5.74, 6) is -0.103. The zero-order valence-electron chi connectivity index (χ0n) is 6.66. The van der Waals surface area contributed by atoms with E-state index in [9.17, 15) is 4.79 Å². The molecule has 5 nitrogen and oxygen atoms in total. The summed E-state index contributed by atoms with van der Waals surface area (Å²) in [6.07, 6.45) is 1.04. The second-order valence-electron chi connectivity index (χ2n) is 2.48. The summed E-state index contributed by atoms with van der Waals surface area (Å²) in [5.41, 5.74) is 6.14. The summed E-state index contributed by atoms with van der Waals surface area (Å²) in [5, 5.41) is 13.4. The lowest BCUT2D eigenvalue weighted by molar-refractivity contribution is -0.131. The maximum absolute atomic E-state index is 11.1. The number of nitrogens with two attached hydrogens (primary N) is 1. The van der Waals surface area contributed by atoms with Gasteiger partial charge in [0.15, 0.2) is 0 Å². The van der Waals surface area contributed by atoms with Crippen molar-refractivity contribution in [1.29, 1.82) is 5.26 Å². The van der Waals surface area contributed by atoms with Gasteiger partial charge < -0.3 is 5.73 Å². The van der Waals surface area contributed by atoms with Gasteiger partial charge in [0.1, 0.15) is 6.54 Å². The van der Waals surface area contributed by atoms with Crippen molar-refractivity contribution in [3.8, 4) is 6.07 Å². The minimum Gasteiger partial charge on any atom is -0.325 e. The highest BCUT2D eigenvalue weighted by Crippen LogP contribution is 2.07. The molecule has 0 bridgehead atoms. The molecule has 12 heavy (non-hydrogen) atoms. The van der Waals surface area contributed by atoms with Crippen molar-refractivity contribution in [3.63, 3.8) is 0 Å². The maximum atomic E-state index is 11.1. The maximum Gasteiger partial charge on any atom is 0.244 e. The van der Waals surface area contributed by atoms with Crippen LogP contribution >= 0.6 is 0 Å². The Morgan fingerprint density at radius 3 is 3.00 bits per heavy atom. The molecule has 1 aliphatic rings. The zero-order chi connectivity index (χ0) is 8.97. The first-order chi connectivity index (χ1) is 5.77. The van der Waals surface area contributed by atoms with E-state index in [1.165, 1.54) is 5.01 Å². The van der Waals surface area contributed by atoms with E-state index in [4.69, 9.17) is 11.0 Å². The van der Waals surface area contributed by atoms with Gasteiger partial charge in [-0.15, -0.1) is 0 Å². The molecule has 0 atom stereocenters. The Balaban J connectivity index is 2.69. The molecule has 0 aliphatic carbocycles. The Labute approximate surface area is 70.4 Å². The van der Waals surface area contributed by atoms with Crippen molar-refractivity contribution in [1.82, 2.24) is 5.01 Å². The van der Waals surface area contributed by atoms with Crippen molar-refractivity contribution in [2.45, 2.75) is 12.8 Å². The summed E-state index contributed by atoms with van der Waals surface area (Å²) in [6, 6.07) is 1.87. The Kier molecular flexibility index (Phi) is 2.77. The first kappa shape index (κ1) is 8.68. The molecule has 0 unspecified atom stereocenters. The van der Waals surface area contributed by atoms with Crippen molar-refractivity contribution in [3.05, 3.63) is 0 Å². The average molecular weight is 166 g/mol. The fourth-order valence-electron chi connectivity index (χ4n) is 0.990. The number of nitrogens with zero attached hydrogens (tertiary/aromatic N) is 3. The van der Waals surface area contributed by atoms with Gasteiger partial charge in [-0.05, 0) is 6.42 Å². The lowest BCUT2D eigenvalue weighted by Crippen LogP contribution is -2.34. The van der Waals surface area contributed by atoms with Crippen LogP contribution in [0, 0.1) is 11.3 Å². The zero-order valence-corrected chi connectivity index (χ0v) is 6.66. The summed E-state index contributed by atoms with van der Waals surface area (Å²) >= 11 is 0. The fraction of sp³-hybridized carbons (Fsp3) is 0.571. The number of rotatable bonds is 2. The van der Waals surface area contributed by atoms with Gasteiger partial charge in [0.25, 0.3) is 0 Å². The van der Waals surface area contributed by atoms with Gasteiger partial charge >= 0.3 is 0 Å². The fourth-order valence-corrected chi connectivity index (χ4v) is 0.990. The highest BCUT2D eigenvalue weighted by molar-refractivity contribution is 5.93. The van der Waals surface area contributed by atoms with Gasteiger partial charge in [-0.25, -0.2) is 5.01 Å². The van der Waals surface area contributed by atoms with Crippen LogP contribution < -0.4 is 5.73 Å². The molecule has 1 heterocycles. The van der Waals surface area contributed by atoms with Crippen LogP contribution in [0.3, 0.4) is 0 Å². The molecule has 1 aliphatic heterocycles. The minimum atomic E-state index is -0.103. The molecule has 5 heteroatoms. The smallest absolute Gasteiger partial charge is 0.244 e. The summed E-state index contributed by atoms with van der Waals surface area (Å²) in [7, 11) is 0. The quantitative estimate of drug-likeness (QED) is 0.558. The minimum absolute atomic E-state index is 0.0162. The van der Waals surface area contributed by atoms with E-state index in [1.54, 1.807) is 0 Å². The number of carbonyl (C=O) groups excluding carboxylic acids is 1. The molecule has 64 valence electrons. The van der Waals surface area contributed by atoms with Crippen molar-refractivity contribution in [2.75, 3.05) is 13.1 Å². The molecule has 1 amide bonds. The van der Waals surface area contributed by atoms with Gasteiger partial charge in [0.2, 0.25) is 5.91 Å². The number of nitriles is 1. The van der Waals surface area contributed by atoms with Crippen LogP contribution in [0.4, 0.5) is 0 Å². The van der Waals surface area contributed by atoms with Gasteiger partial charge in [-0.2, -0.15) is 10.4 Å². The third-order valence-electron chi connectivity index (χ3n) is 1.63. The van der Waals surface area contributed by atoms with Gasteiger partial charge in [0, 0.05) is 13.0 Å². The predicted molar refractivity (Wildman–Crippen MR) is 43.0 cm³/mol. The van der Waals surface area contributed by atoms with E-state index < -0.39 is 0 Å². The highest BCUT2D eigenvalue weighted by atomic mass is 16.2. The molecule has 0 radical (unpaired) electrons. The largest absolute Gasteiger partial charge is 0.325 e. The van der Waals surface area contributed by atoms with Crippen molar-refractivity contribution < 1.29 is 4.79 Å². The first-order valence-electron chi connectivity index (χ1n) is 3.71. The SMILES string of the molecule is N#CCN1N=C(CN)CCC1=O. The van der Waals surface area contributed by atoms with Crippen LogP contribution in [0.2, 0.25) is 0 Å². The number of hydrogen-bond donors (Lipinski definition) is 1. The second kappa shape index (κ2) is 3.83. The molecular weight excluding hydrogens is 156 g/mol. The van der Waals surface area contributed by atoms with Crippen LogP contribution in [-0.4, -0.2) is 29.7 Å². The van der Waals surface area contributed by atoms with E-state index in [0.717, 1.165) is 5.71 Å². The lowest BCUT2D eigenvalue weighted by atomic mass is 10.2. The van der Waals surface area contributed by atoms with Crippen LogP contribution in [-0.2, 0) is 4.79 Å². The molecule has 0 saturated heterocycles. The third kappa shape index (κ3) is 1.80. The van der Waals surface area contributed by atoms with E-state index in [1.807, 2.05) is 6.07 Å². The van der Waals surface area contributed by atoms with E-state index >= 15 is 0 Å². The number of hydrazone groups is 1. The van der Waals surface area contributed by atoms with Crippen LogP contribution in [0.5, 0.6) is 0 Å². The van der Waals surface area contributed by atoms with E-state index in [-0.39, 0.29) is 12.5 Å². The number of hydrogen-bond acceptors (Lipinski definition) is 4. The second-order valence-corrected chi connectivity index (χ2v) is 2.48. The first-order valence-corrected chi connectivity index (χ1v) is 3.71. The molecule has 0 saturated carbocycles. The van der Waals surface area contributed by atoms with Crippen molar-refractivity contribution >= 4 is 11.6 Å². The normalized spacial score (nSPS) is 17.2. The predicted octanol–water partition coefficient (Wildman–Crippen LogP) is -0.553. The summed E-state index contributed by atoms with van der Waals surface area (Å²) in [4.78, 5) is 11.1. The Morgan fingerprint density at radius 1 is 1.67 bits per heavy atom. The Morgan fingerprint density at radius 2 is 2.42 bits per heavy atom. The molecular formula is C7H10N4O. The van der Waals surface area contributed by atoms with E-state index in [0.29, 0.717) is 19.4 Å². The number of carbonyl (C=O) groups is 1. The average Bonchev–Trinajstić information content (AvgIpc) is 2.09. The monoisotopic (exact) mass is 166 g/mol. The number of amides is 1. The molecule has 0 aromatic heterocycles. The molecule has 0 aromatic rings. The van der Waals surface area contributed by atoms with Crippen molar-refractivity contribution in [2.24, 2.45) is 10.8 Å². The Hall–Kier alpha value is -1.41. The van der Waals surface area contributed by atoms with Crippen LogP contribution in [0.15, 0.2) is 5.10 Å². The van der Waals surface area contributed by atoms with Crippen LogP contribution in [0.25, 0.3) is 0 Å². The van der Waals surface area contributed by atoms with Gasteiger partial charge in [-0.1, -0.05) is 0 Å². The summed E-state index contributed by atoms with van der Waals surface area (Å²) in [6.45, 7) is 0.373. The lowest BCUT2D eigenvalue weighted by Gasteiger charge is -2.20. The highest BCUT2D eigenvalue weighted by Gasteiger charge is 2.18. The van der Waals surface area contributed by atoms with Gasteiger partial charge in [0.05, 0.1) is 11.8 Å². The van der Waals surface area contributed by atoms with Gasteiger partial charge in [-0.3, -0.25) is 4.79 Å². The standard InChI is InChI=1S/C7H10N4O/c8-3-4-11-7(12)2-1-6(5-9)10-11/h1-2,4-5,9H2.